The number of thiocarbonyl (C=S) groups is 1. The van der Waals surface area contributed by atoms with Crippen LogP contribution in [0.15, 0.2) is 0 Å². The molecule has 5 nitrogen and oxygen atoms in total. The first kappa shape index (κ1) is 12.9. The molecule has 0 radical (unpaired) electrons. The predicted molar refractivity (Wildman–Crippen MR) is 69.0 cm³/mol. The Morgan fingerprint density at radius 1 is 1.62 bits per heavy atom. The van der Waals surface area contributed by atoms with Crippen molar-refractivity contribution in [2.75, 3.05) is 32.2 Å². The summed E-state index contributed by atoms with van der Waals surface area (Å²) in [4.78, 5) is 2.42. The summed E-state index contributed by atoms with van der Waals surface area (Å²) in [6.07, 6.45) is 0. The maximum atomic E-state index is 5.72. The maximum absolute atomic E-state index is 5.72. The summed E-state index contributed by atoms with van der Waals surface area (Å²) in [5.74, 6) is 0.932. The van der Waals surface area contributed by atoms with E-state index in [1.807, 2.05) is 25.9 Å². The van der Waals surface area contributed by atoms with E-state index in [1.54, 1.807) is 11.8 Å². The highest BCUT2D eigenvalue weighted by atomic mass is 32.1. The first-order chi connectivity index (χ1) is 7.49. The Balaban J connectivity index is 3.06. The minimum absolute atomic E-state index is 0.380. The zero-order chi connectivity index (χ0) is 12.3. The molecule has 0 atom stereocenters. The van der Waals surface area contributed by atoms with E-state index in [1.165, 1.54) is 0 Å². The molecule has 1 rings (SSSR count). The summed E-state index contributed by atoms with van der Waals surface area (Å²) >= 11 is 5.05. The fourth-order valence-corrected chi connectivity index (χ4v) is 1.95. The van der Waals surface area contributed by atoms with Crippen molar-refractivity contribution in [3.05, 3.63) is 11.3 Å². The molecule has 0 spiro atoms. The summed E-state index contributed by atoms with van der Waals surface area (Å²) in [6.45, 7) is 3.32. The van der Waals surface area contributed by atoms with Crippen molar-refractivity contribution >= 4 is 23.0 Å². The Kier molecular flexibility index (Phi) is 4.26. The topological polar surface area (TPSA) is 56.3 Å². The summed E-state index contributed by atoms with van der Waals surface area (Å²) in [5.41, 5.74) is 7.41. The number of aryl methyl sites for hydroxylation is 2. The molecule has 2 N–H and O–H groups in total. The van der Waals surface area contributed by atoms with Crippen molar-refractivity contribution in [2.24, 2.45) is 12.8 Å². The molecular formula is C10H18N4OS. The Hall–Kier alpha value is -1.14. The highest BCUT2D eigenvalue weighted by molar-refractivity contribution is 7.80. The lowest BCUT2D eigenvalue weighted by Crippen LogP contribution is -2.27. The molecule has 90 valence electrons. The van der Waals surface area contributed by atoms with Crippen molar-refractivity contribution in [1.29, 1.82) is 0 Å². The fraction of sp³-hybridized carbons (Fsp3) is 0.600. The Bertz CT molecular complexity index is 388. The van der Waals surface area contributed by atoms with Crippen LogP contribution in [-0.2, 0) is 11.8 Å². The number of aromatic nitrogens is 2. The van der Waals surface area contributed by atoms with Crippen molar-refractivity contribution < 1.29 is 4.74 Å². The molecule has 1 aromatic rings. The Morgan fingerprint density at radius 3 is 2.75 bits per heavy atom. The molecule has 1 aromatic heterocycles. The van der Waals surface area contributed by atoms with Gasteiger partial charge in [-0.2, -0.15) is 5.10 Å². The number of hydrogen-bond donors (Lipinski definition) is 1. The molecule has 0 fully saturated rings. The average molecular weight is 242 g/mol. The quantitative estimate of drug-likeness (QED) is 0.760. The molecule has 1 heterocycles. The standard InChI is InChI=1S/C10H18N4OS/c1-7-8(9(11)16)10(14(3)12-7)13(2)5-6-15-4/h5-6H2,1-4H3,(H2,11,16). The Labute approximate surface area is 101 Å². The maximum Gasteiger partial charge on any atom is 0.136 e. The third kappa shape index (κ3) is 2.51. The second-order valence-corrected chi connectivity index (χ2v) is 4.13. The van der Waals surface area contributed by atoms with E-state index in [2.05, 4.69) is 5.10 Å². The number of likely N-dealkylation sites (N-methyl/N-ethyl adjacent to an activating group) is 1. The van der Waals surface area contributed by atoms with E-state index >= 15 is 0 Å². The number of nitrogens with zero attached hydrogens (tertiary/aromatic N) is 3. The van der Waals surface area contributed by atoms with Gasteiger partial charge in [0, 0.05) is 27.7 Å². The summed E-state index contributed by atoms with van der Waals surface area (Å²) in [5, 5.41) is 4.33. The molecule has 0 saturated heterocycles. The number of anilines is 1. The largest absolute Gasteiger partial charge is 0.389 e. The van der Waals surface area contributed by atoms with E-state index in [4.69, 9.17) is 22.7 Å². The van der Waals surface area contributed by atoms with E-state index in [9.17, 15) is 0 Å². The number of nitrogens with two attached hydrogens (primary N) is 1. The first-order valence-corrected chi connectivity index (χ1v) is 5.43. The van der Waals surface area contributed by atoms with Crippen molar-refractivity contribution in [3.8, 4) is 0 Å². The van der Waals surface area contributed by atoms with Crippen LogP contribution in [0.25, 0.3) is 0 Å². The molecule has 6 heteroatoms. The molecule has 0 bridgehead atoms. The predicted octanol–water partition coefficient (Wildman–Crippen LogP) is 0.445. The van der Waals surface area contributed by atoms with Crippen LogP contribution in [-0.4, -0.2) is 42.1 Å². The van der Waals surface area contributed by atoms with Crippen molar-refractivity contribution in [2.45, 2.75) is 6.92 Å². The number of methoxy groups -OCH3 is 1. The summed E-state index contributed by atoms with van der Waals surface area (Å²) in [7, 11) is 5.53. The third-order valence-electron chi connectivity index (χ3n) is 2.43. The lowest BCUT2D eigenvalue weighted by Gasteiger charge is -2.20. The molecular weight excluding hydrogens is 224 g/mol. The van der Waals surface area contributed by atoms with Crippen LogP contribution < -0.4 is 10.6 Å². The zero-order valence-electron chi connectivity index (χ0n) is 10.1. The van der Waals surface area contributed by atoms with Gasteiger partial charge in [-0.25, -0.2) is 0 Å². The third-order valence-corrected chi connectivity index (χ3v) is 2.63. The minimum atomic E-state index is 0.380. The zero-order valence-corrected chi connectivity index (χ0v) is 11.0. The van der Waals surface area contributed by atoms with Gasteiger partial charge in [-0.15, -0.1) is 0 Å². The monoisotopic (exact) mass is 242 g/mol. The molecule has 0 unspecified atom stereocenters. The number of ether oxygens (including phenoxy) is 1. The van der Waals surface area contributed by atoms with Crippen LogP contribution in [0.1, 0.15) is 11.3 Å². The highest BCUT2D eigenvalue weighted by Crippen LogP contribution is 2.21. The van der Waals surface area contributed by atoms with Crippen LogP contribution in [0.4, 0.5) is 5.82 Å². The Morgan fingerprint density at radius 2 is 2.25 bits per heavy atom. The second-order valence-electron chi connectivity index (χ2n) is 3.69. The smallest absolute Gasteiger partial charge is 0.136 e. The van der Waals surface area contributed by atoms with Crippen LogP contribution in [0.3, 0.4) is 0 Å². The SMILES string of the molecule is COCCN(C)c1c(C(N)=S)c(C)nn1C. The van der Waals surface area contributed by atoms with Gasteiger partial charge < -0.3 is 15.4 Å². The lowest BCUT2D eigenvalue weighted by molar-refractivity contribution is 0.206. The van der Waals surface area contributed by atoms with Crippen LogP contribution in [0, 0.1) is 6.92 Å². The van der Waals surface area contributed by atoms with E-state index < -0.39 is 0 Å². The van der Waals surface area contributed by atoms with Gasteiger partial charge >= 0.3 is 0 Å². The van der Waals surface area contributed by atoms with Crippen LogP contribution >= 0.6 is 12.2 Å². The lowest BCUT2D eigenvalue weighted by atomic mass is 10.2. The molecule has 0 aromatic carbocycles. The van der Waals surface area contributed by atoms with Crippen LogP contribution in [0.5, 0.6) is 0 Å². The van der Waals surface area contributed by atoms with Gasteiger partial charge in [0.25, 0.3) is 0 Å². The van der Waals surface area contributed by atoms with Gasteiger partial charge in [0.05, 0.1) is 17.9 Å². The van der Waals surface area contributed by atoms with Gasteiger partial charge in [0.2, 0.25) is 0 Å². The minimum Gasteiger partial charge on any atom is -0.389 e. The second kappa shape index (κ2) is 5.27. The van der Waals surface area contributed by atoms with Gasteiger partial charge in [-0.3, -0.25) is 4.68 Å². The summed E-state index contributed by atoms with van der Waals surface area (Å²) < 4.78 is 6.84. The molecule has 0 saturated carbocycles. The van der Waals surface area contributed by atoms with Crippen molar-refractivity contribution in [1.82, 2.24) is 9.78 Å². The highest BCUT2D eigenvalue weighted by Gasteiger charge is 2.18. The molecule has 0 aliphatic carbocycles. The number of hydrogen-bond acceptors (Lipinski definition) is 4. The van der Waals surface area contributed by atoms with E-state index in [0.29, 0.717) is 11.6 Å². The van der Waals surface area contributed by atoms with Crippen LogP contribution in [0.2, 0.25) is 0 Å². The molecule has 0 aliphatic heterocycles. The van der Waals surface area contributed by atoms with Gasteiger partial charge in [-0.1, -0.05) is 12.2 Å². The molecule has 16 heavy (non-hydrogen) atoms. The number of rotatable bonds is 5. The average Bonchev–Trinajstić information content (AvgIpc) is 2.50. The van der Waals surface area contributed by atoms with Gasteiger partial charge in [0.15, 0.2) is 0 Å². The van der Waals surface area contributed by atoms with Crippen molar-refractivity contribution in [3.63, 3.8) is 0 Å². The summed E-state index contributed by atoms with van der Waals surface area (Å²) in [6, 6.07) is 0. The van der Waals surface area contributed by atoms with Gasteiger partial charge in [-0.05, 0) is 6.92 Å². The van der Waals surface area contributed by atoms with Gasteiger partial charge in [0.1, 0.15) is 10.8 Å². The normalized spacial score (nSPS) is 10.5. The molecule has 0 aliphatic rings. The first-order valence-electron chi connectivity index (χ1n) is 5.02. The fourth-order valence-electron chi connectivity index (χ4n) is 1.71. The van der Waals surface area contributed by atoms with E-state index in [-0.39, 0.29) is 0 Å². The van der Waals surface area contributed by atoms with E-state index in [0.717, 1.165) is 23.6 Å². The molecule has 0 amide bonds.